The first-order chi connectivity index (χ1) is 9.60. The molecule has 2 rings (SSSR count). The van der Waals surface area contributed by atoms with E-state index in [2.05, 4.69) is 45.0 Å². The molecule has 20 heavy (non-hydrogen) atoms. The van der Waals surface area contributed by atoms with Crippen LogP contribution in [0.15, 0.2) is 29.6 Å². The van der Waals surface area contributed by atoms with Gasteiger partial charge in [-0.3, -0.25) is 9.69 Å². The molecule has 0 saturated heterocycles. The predicted octanol–water partition coefficient (Wildman–Crippen LogP) is 3.73. The Bertz CT molecular complexity index is 600. The van der Waals surface area contributed by atoms with Gasteiger partial charge in [-0.15, -0.1) is 11.3 Å². The molecule has 6 heteroatoms. The van der Waals surface area contributed by atoms with Crippen molar-refractivity contribution in [2.45, 2.75) is 20.4 Å². The third-order valence-electron chi connectivity index (χ3n) is 2.77. The minimum Gasteiger partial charge on any atom is -0.379 e. The lowest BCUT2D eigenvalue weighted by Gasteiger charge is -2.14. The van der Waals surface area contributed by atoms with Crippen LogP contribution < -0.4 is 10.2 Å². The van der Waals surface area contributed by atoms with Crippen LogP contribution >= 0.6 is 33.9 Å². The van der Waals surface area contributed by atoms with Gasteiger partial charge in [-0.25, -0.2) is 4.98 Å². The van der Waals surface area contributed by atoms with Crippen LogP contribution in [-0.4, -0.2) is 17.4 Å². The first-order valence-electron chi connectivity index (χ1n) is 6.32. The molecule has 2 aromatic rings. The summed E-state index contributed by atoms with van der Waals surface area (Å²) in [5.74, 6) is 0.0268. The lowest BCUT2D eigenvalue weighted by molar-refractivity contribution is -0.116. The van der Waals surface area contributed by atoms with Crippen molar-refractivity contribution in [3.63, 3.8) is 0 Å². The van der Waals surface area contributed by atoms with E-state index in [4.69, 9.17) is 0 Å². The number of carbonyl (C=O) groups excluding carboxylic acids is 1. The summed E-state index contributed by atoms with van der Waals surface area (Å²) in [4.78, 5) is 17.7. The van der Waals surface area contributed by atoms with Crippen molar-refractivity contribution in [3.8, 4) is 0 Å². The summed E-state index contributed by atoms with van der Waals surface area (Å²) in [5, 5.41) is 6.09. The van der Waals surface area contributed by atoms with Crippen LogP contribution in [-0.2, 0) is 11.3 Å². The first-order valence-corrected chi connectivity index (χ1v) is 8.28. The van der Waals surface area contributed by atoms with E-state index in [1.165, 1.54) is 14.9 Å². The Hall–Kier alpha value is -1.15. The van der Waals surface area contributed by atoms with Crippen molar-refractivity contribution in [3.05, 3.63) is 38.9 Å². The van der Waals surface area contributed by atoms with Gasteiger partial charge < -0.3 is 5.32 Å². The highest BCUT2D eigenvalue weighted by atomic mass is 127. The second-order valence-electron chi connectivity index (χ2n) is 4.25. The van der Waals surface area contributed by atoms with Gasteiger partial charge >= 0.3 is 0 Å². The Morgan fingerprint density at radius 2 is 2.30 bits per heavy atom. The van der Waals surface area contributed by atoms with E-state index in [0.29, 0.717) is 13.1 Å². The summed E-state index contributed by atoms with van der Waals surface area (Å²) in [6.45, 7) is 4.82. The highest BCUT2D eigenvalue weighted by Crippen LogP contribution is 2.21. The number of nitrogens with one attached hydrogen (secondary N) is 1. The summed E-state index contributed by atoms with van der Waals surface area (Å²) in [5.41, 5.74) is 2.02. The number of benzene rings is 1. The second kappa shape index (κ2) is 7.03. The zero-order chi connectivity index (χ0) is 14.5. The normalized spacial score (nSPS) is 10.3. The Morgan fingerprint density at radius 1 is 1.50 bits per heavy atom. The lowest BCUT2D eigenvalue weighted by atomic mass is 10.3. The summed E-state index contributed by atoms with van der Waals surface area (Å²) < 4.78 is 1.19. The standard InChI is InChI=1S/C14H16IN3OS/c1-3-18(10(2)19)14-17-13(9-20-14)8-16-12-6-4-5-11(15)7-12/h4-7,9,16H,3,8H2,1-2H3. The fourth-order valence-electron chi connectivity index (χ4n) is 1.79. The van der Waals surface area contributed by atoms with Gasteiger partial charge in [0, 0.05) is 28.1 Å². The molecule has 1 heterocycles. The second-order valence-corrected chi connectivity index (χ2v) is 6.33. The van der Waals surface area contributed by atoms with Gasteiger partial charge in [-0.05, 0) is 47.7 Å². The van der Waals surface area contributed by atoms with Gasteiger partial charge in [-0.2, -0.15) is 0 Å². The summed E-state index contributed by atoms with van der Waals surface area (Å²) in [6.07, 6.45) is 0. The molecule has 0 spiro atoms. The average Bonchev–Trinajstić information content (AvgIpc) is 2.85. The number of aromatic nitrogens is 1. The number of thiazole rings is 1. The molecule has 0 unspecified atom stereocenters. The highest BCUT2D eigenvalue weighted by molar-refractivity contribution is 14.1. The van der Waals surface area contributed by atoms with Crippen molar-refractivity contribution in [1.82, 2.24) is 4.98 Å². The van der Waals surface area contributed by atoms with Crippen LogP contribution in [0, 0.1) is 3.57 Å². The Balaban J connectivity index is 2.01. The Morgan fingerprint density at radius 3 is 2.95 bits per heavy atom. The van der Waals surface area contributed by atoms with Gasteiger partial charge in [0.05, 0.1) is 12.2 Å². The topological polar surface area (TPSA) is 45.2 Å². The van der Waals surface area contributed by atoms with Gasteiger partial charge in [0.25, 0.3) is 0 Å². The molecule has 0 aliphatic rings. The number of hydrogen-bond acceptors (Lipinski definition) is 4. The van der Waals surface area contributed by atoms with Crippen molar-refractivity contribution >= 4 is 50.7 Å². The molecule has 4 nitrogen and oxygen atoms in total. The maximum atomic E-state index is 11.5. The van der Waals surface area contributed by atoms with E-state index in [-0.39, 0.29) is 5.91 Å². The van der Waals surface area contributed by atoms with E-state index in [0.717, 1.165) is 16.5 Å². The number of nitrogens with zero attached hydrogens (tertiary/aromatic N) is 2. The molecular formula is C14H16IN3OS. The molecular weight excluding hydrogens is 385 g/mol. The molecule has 0 aliphatic carbocycles. The van der Waals surface area contributed by atoms with E-state index in [1.807, 2.05) is 24.4 Å². The van der Waals surface area contributed by atoms with Crippen LogP contribution in [0.4, 0.5) is 10.8 Å². The van der Waals surface area contributed by atoms with Crippen molar-refractivity contribution < 1.29 is 4.79 Å². The van der Waals surface area contributed by atoms with Gasteiger partial charge in [0.1, 0.15) is 0 Å². The van der Waals surface area contributed by atoms with Crippen molar-refractivity contribution in [2.24, 2.45) is 0 Å². The van der Waals surface area contributed by atoms with Crippen molar-refractivity contribution in [2.75, 3.05) is 16.8 Å². The van der Waals surface area contributed by atoms with Crippen LogP contribution in [0.3, 0.4) is 0 Å². The summed E-state index contributed by atoms with van der Waals surface area (Å²) in [7, 11) is 0. The summed E-state index contributed by atoms with van der Waals surface area (Å²) >= 11 is 3.79. The van der Waals surface area contributed by atoms with Crippen LogP contribution in [0.25, 0.3) is 0 Å². The van der Waals surface area contributed by atoms with Gasteiger partial charge in [0.2, 0.25) is 5.91 Å². The van der Waals surface area contributed by atoms with E-state index in [9.17, 15) is 4.79 Å². The van der Waals surface area contributed by atoms with Crippen LogP contribution in [0.1, 0.15) is 19.5 Å². The maximum absolute atomic E-state index is 11.5. The molecule has 0 radical (unpaired) electrons. The van der Waals surface area contributed by atoms with E-state index >= 15 is 0 Å². The fourth-order valence-corrected chi connectivity index (χ4v) is 3.26. The molecule has 1 aromatic carbocycles. The number of rotatable bonds is 5. The summed E-state index contributed by atoms with van der Waals surface area (Å²) in [6, 6.07) is 8.19. The number of carbonyl (C=O) groups is 1. The number of hydrogen-bond donors (Lipinski definition) is 1. The maximum Gasteiger partial charge on any atom is 0.225 e. The molecule has 0 fully saturated rings. The third kappa shape index (κ3) is 3.92. The van der Waals surface area contributed by atoms with Crippen molar-refractivity contribution in [1.29, 1.82) is 0 Å². The minimum atomic E-state index is 0.0268. The zero-order valence-electron chi connectivity index (χ0n) is 11.4. The predicted molar refractivity (Wildman–Crippen MR) is 92.3 cm³/mol. The molecule has 1 N–H and O–H groups in total. The third-order valence-corrected chi connectivity index (χ3v) is 4.35. The highest BCUT2D eigenvalue weighted by Gasteiger charge is 2.13. The van der Waals surface area contributed by atoms with Gasteiger partial charge in [0.15, 0.2) is 5.13 Å². The van der Waals surface area contributed by atoms with Crippen LogP contribution in [0.5, 0.6) is 0 Å². The Kier molecular flexibility index (Phi) is 5.36. The smallest absolute Gasteiger partial charge is 0.225 e. The molecule has 1 amide bonds. The molecule has 0 saturated carbocycles. The monoisotopic (exact) mass is 401 g/mol. The van der Waals surface area contributed by atoms with Gasteiger partial charge in [-0.1, -0.05) is 6.07 Å². The first kappa shape index (κ1) is 15.2. The minimum absolute atomic E-state index is 0.0268. The zero-order valence-corrected chi connectivity index (χ0v) is 14.4. The number of anilines is 2. The number of halogens is 1. The Labute approximate surface area is 136 Å². The lowest BCUT2D eigenvalue weighted by Crippen LogP contribution is -2.27. The van der Waals surface area contributed by atoms with E-state index < -0.39 is 0 Å². The quantitative estimate of drug-likeness (QED) is 0.777. The largest absolute Gasteiger partial charge is 0.379 e. The fraction of sp³-hybridized carbons (Fsp3) is 0.286. The molecule has 1 aromatic heterocycles. The molecule has 0 aliphatic heterocycles. The SMILES string of the molecule is CCN(C(C)=O)c1nc(CNc2cccc(I)c2)cs1. The molecule has 106 valence electrons. The van der Waals surface area contributed by atoms with Crippen LogP contribution in [0.2, 0.25) is 0 Å². The number of amides is 1. The molecule has 0 bridgehead atoms. The van der Waals surface area contributed by atoms with E-state index in [1.54, 1.807) is 11.8 Å². The average molecular weight is 401 g/mol. The molecule has 0 atom stereocenters.